The summed E-state index contributed by atoms with van der Waals surface area (Å²) in [7, 11) is 0. The lowest BCUT2D eigenvalue weighted by Crippen LogP contribution is -2.37. The average molecular weight is 282 g/mol. The van der Waals surface area contributed by atoms with Crippen molar-refractivity contribution in [2.24, 2.45) is 0 Å². The zero-order valence-electron chi connectivity index (χ0n) is 11.4. The van der Waals surface area contributed by atoms with Gasteiger partial charge in [0.1, 0.15) is 0 Å². The van der Waals surface area contributed by atoms with Crippen LogP contribution in [0.3, 0.4) is 0 Å². The molecule has 1 amide bonds. The lowest BCUT2D eigenvalue weighted by Gasteiger charge is -2.15. The van der Waals surface area contributed by atoms with Gasteiger partial charge in [-0.2, -0.15) is 0 Å². The van der Waals surface area contributed by atoms with Gasteiger partial charge < -0.3 is 15.2 Å². The van der Waals surface area contributed by atoms with E-state index in [1.807, 2.05) is 0 Å². The Labute approximate surface area is 116 Å². The van der Waals surface area contributed by atoms with Crippen LogP contribution in [-0.2, 0) is 4.79 Å². The molecule has 110 valence electrons. The van der Waals surface area contributed by atoms with Crippen LogP contribution in [-0.4, -0.2) is 34.7 Å². The molecular weight excluding hydrogens is 264 g/mol. The lowest BCUT2D eigenvalue weighted by molar-refractivity contribution is -0.385. The standard InChI is InChI=1S/C13H18N2O5/c1-9(7-10(2)16)14-13(17)8-20-12-6-4-3-5-11(12)15(18)19/h3-6,9-10,16H,7-8H2,1-2H3,(H,14,17). The van der Waals surface area contributed by atoms with E-state index in [1.54, 1.807) is 19.9 Å². The zero-order chi connectivity index (χ0) is 15.1. The summed E-state index contributed by atoms with van der Waals surface area (Å²) in [6.07, 6.45) is -0.0848. The fraction of sp³-hybridized carbons (Fsp3) is 0.462. The Kier molecular flexibility index (Phi) is 5.92. The van der Waals surface area contributed by atoms with Gasteiger partial charge in [0.15, 0.2) is 12.4 Å². The highest BCUT2D eigenvalue weighted by molar-refractivity contribution is 5.77. The van der Waals surface area contributed by atoms with Gasteiger partial charge in [0.25, 0.3) is 5.91 Å². The molecule has 1 rings (SSSR count). The summed E-state index contributed by atoms with van der Waals surface area (Å²) in [6.45, 7) is 3.08. The van der Waals surface area contributed by atoms with Gasteiger partial charge >= 0.3 is 5.69 Å². The molecule has 1 aromatic rings. The van der Waals surface area contributed by atoms with E-state index in [-0.39, 0.29) is 24.1 Å². The number of nitrogens with zero attached hydrogens (tertiary/aromatic N) is 1. The molecule has 7 nitrogen and oxygen atoms in total. The monoisotopic (exact) mass is 282 g/mol. The summed E-state index contributed by atoms with van der Waals surface area (Å²) in [5.74, 6) is -0.341. The molecule has 0 bridgehead atoms. The first-order chi connectivity index (χ1) is 9.40. The molecular formula is C13H18N2O5. The van der Waals surface area contributed by atoms with Crippen LogP contribution in [0.1, 0.15) is 20.3 Å². The number of nitrogens with one attached hydrogen (secondary N) is 1. The molecule has 0 saturated carbocycles. The third kappa shape index (κ3) is 5.23. The molecule has 2 unspecified atom stereocenters. The SMILES string of the molecule is CC(O)CC(C)NC(=O)COc1ccccc1[N+](=O)[O-]. The van der Waals surface area contributed by atoms with E-state index >= 15 is 0 Å². The summed E-state index contributed by atoms with van der Waals surface area (Å²) in [5, 5.41) is 22.6. The smallest absolute Gasteiger partial charge is 0.310 e. The molecule has 2 atom stereocenters. The van der Waals surface area contributed by atoms with Crippen molar-refractivity contribution >= 4 is 11.6 Å². The van der Waals surface area contributed by atoms with Gasteiger partial charge in [0.2, 0.25) is 0 Å². The van der Waals surface area contributed by atoms with E-state index in [0.29, 0.717) is 6.42 Å². The van der Waals surface area contributed by atoms with Crippen molar-refractivity contribution in [1.82, 2.24) is 5.32 Å². The Morgan fingerprint density at radius 1 is 1.45 bits per heavy atom. The van der Waals surface area contributed by atoms with E-state index in [4.69, 9.17) is 4.74 Å². The number of hydrogen-bond acceptors (Lipinski definition) is 5. The number of amides is 1. The van der Waals surface area contributed by atoms with Gasteiger partial charge in [-0.05, 0) is 26.3 Å². The number of aliphatic hydroxyl groups excluding tert-OH is 1. The topological polar surface area (TPSA) is 102 Å². The number of carbonyl (C=O) groups excluding carboxylic acids is 1. The van der Waals surface area contributed by atoms with Gasteiger partial charge in [0, 0.05) is 12.1 Å². The van der Waals surface area contributed by atoms with Crippen molar-refractivity contribution in [1.29, 1.82) is 0 Å². The molecule has 0 heterocycles. The number of rotatable bonds is 7. The van der Waals surface area contributed by atoms with Crippen LogP contribution < -0.4 is 10.1 Å². The van der Waals surface area contributed by atoms with Crippen LogP contribution in [0.15, 0.2) is 24.3 Å². The first-order valence-corrected chi connectivity index (χ1v) is 6.23. The van der Waals surface area contributed by atoms with Crippen LogP contribution in [0.4, 0.5) is 5.69 Å². The van der Waals surface area contributed by atoms with Gasteiger partial charge in [-0.3, -0.25) is 14.9 Å². The third-order valence-corrected chi connectivity index (χ3v) is 2.52. The molecule has 0 aliphatic heterocycles. The second-order valence-corrected chi connectivity index (χ2v) is 4.57. The molecule has 20 heavy (non-hydrogen) atoms. The van der Waals surface area contributed by atoms with Crippen LogP contribution in [0.5, 0.6) is 5.75 Å². The van der Waals surface area contributed by atoms with Gasteiger partial charge in [-0.25, -0.2) is 0 Å². The van der Waals surface area contributed by atoms with Crippen molar-refractivity contribution in [3.63, 3.8) is 0 Å². The summed E-state index contributed by atoms with van der Waals surface area (Å²) < 4.78 is 5.15. The van der Waals surface area contributed by atoms with E-state index in [9.17, 15) is 20.0 Å². The molecule has 0 aliphatic carbocycles. The van der Waals surface area contributed by atoms with Crippen LogP contribution in [0, 0.1) is 10.1 Å². The molecule has 0 radical (unpaired) electrons. The van der Waals surface area contributed by atoms with E-state index in [2.05, 4.69) is 5.32 Å². The van der Waals surface area contributed by atoms with Gasteiger partial charge in [-0.1, -0.05) is 12.1 Å². The zero-order valence-corrected chi connectivity index (χ0v) is 11.4. The molecule has 1 aromatic carbocycles. The minimum absolute atomic E-state index is 0.0517. The second-order valence-electron chi connectivity index (χ2n) is 4.57. The summed E-state index contributed by atoms with van der Waals surface area (Å²) in [5.41, 5.74) is -0.183. The van der Waals surface area contributed by atoms with Crippen molar-refractivity contribution in [2.45, 2.75) is 32.4 Å². The van der Waals surface area contributed by atoms with E-state index < -0.39 is 16.9 Å². The Hall–Kier alpha value is -2.15. The number of ether oxygens (including phenoxy) is 1. The van der Waals surface area contributed by atoms with Crippen LogP contribution >= 0.6 is 0 Å². The summed E-state index contributed by atoms with van der Waals surface area (Å²) in [6, 6.07) is 5.66. The normalized spacial score (nSPS) is 13.3. The molecule has 7 heteroatoms. The lowest BCUT2D eigenvalue weighted by atomic mass is 10.1. The fourth-order valence-electron chi connectivity index (χ4n) is 1.76. The van der Waals surface area contributed by atoms with E-state index in [1.165, 1.54) is 18.2 Å². The highest BCUT2D eigenvalue weighted by Gasteiger charge is 2.16. The van der Waals surface area contributed by atoms with Gasteiger partial charge in [0.05, 0.1) is 11.0 Å². The maximum Gasteiger partial charge on any atom is 0.310 e. The molecule has 0 fully saturated rings. The first-order valence-electron chi connectivity index (χ1n) is 6.23. The van der Waals surface area contributed by atoms with Crippen molar-refractivity contribution < 1.29 is 19.6 Å². The van der Waals surface area contributed by atoms with Crippen molar-refractivity contribution in [3.8, 4) is 5.75 Å². The predicted molar refractivity (Wildman–Crippen MR) is 72.5 cm³/mol. The average Bonchev–Trinajstić information content (AvgIpc) is 2.35. The van der Waals surface area contributed by atoms with E-state index in [0.717, 1.165) is 0 Å². The largest absolute Gasteiger partial charge is 0.477 e. The Morgan fingerprint density at radius 3 is 2.70 bits per heavy atom. The Morgan fingerprint density at radius 2 is 2.10 bits per heavy atom. The summed E-state index contributed by atoms with van der Waals surface area (Å²) >= 11 is 0. The van der Waals surface area contributed by atoms with Gasteiger partial charge in [-0.15, -0.1) is 0 Å². The quantitative estimate of drug-likeness (QED) is 0.579. The minimum atomic E-state index is -0.566. The number of nitro benzene ring substituents is 1. The maximum absolute atomic E-state index is 11.6. The van der Waals surface area contributed by atoms with Crippen molar-refractivity contribution in [3.05, 3.63) is 34.4 Å². The molecule has 0 saturated heterocycles. The predicted octanol–water partition coefficient (Wildman–Crippen LogP) is 1.25. The number of carbonyl (C=O) groups is 1. The Bertz CT molecular complexity index is 476. The van der Waals surface area contributed by atoms with Crippen molar-refractivity contribution in [2.75, 3.05) is 6.61 Å². The second kappa shape index (κ2) is 7.44. The Balaban J connectivity index is 2.51. The minimum Gasteiger partial charge on any atom is -0.477 e. The van der Waals surface area contributed by atoms with Crippen LogP contribution in [0.25, 0.3) is 0 Å². The fourth-order valence-corrected chi connectivity index (χ4v) is 1.76. The molecule has 0 aliphatic rings. The molecule has 0 spiro atoms. The number of para-hydroxylation sites is 2. The highest BCUT2D eigenvalue weighted by atomic mass is 16.6. The third-order valence-electron chi connectivity index (χ3n) is 2.52. The highest BCUT2D eigenvalue weighted by Crippen LogP contribution is 2.25. The molecule has 0 aromatic heterocycles. The number of nitro groups is 1. The number of aliphatic hydroxyl groups is 1. The van der Waals surface area contributed by atoms with Crippen LogP contribution in [0.2, 0.25) is 0 Å². The molecule has 2 N–H and O–H groups in total. The summed E-state index contributed by atoms with van der Waals surface area (Å²) in [4.78, 5) is 21.8. The number of hydrogen-bond donors (Lipinski definition) is 2. The maximum atomic E-state index is 11.6. The number of benzene rings is 1. The first kappa shape index (κ1) is 15.9.